The van der Waals surface area contributed by atoms with Crippen LogP contribution in [0.3, 0.4) is 0 Å². The summed E-state index contributed by atoms with van der Waals surface area (Å²) in [5.41, 5.74) is 0.270. The van der Waals surface area contributed by atoms with E-state index in [1.54, 1.807) is 12.1 Å². The molecule has 0 fully saturated rings. The van der Waals surface area contributed by atoms with Crippen LogP contribution >= 0.6 is 22.6 Å². The van der Waals surface area contributed by atoms with E-state index in [1.807, 2.05) is 41.6 Å². The highest BCUT2D eigenvalue weighted by molar-refractivity contribution is 14.1. The Kier molecular flexibility index (Phi) is 6.72. The molecule has 8 heteroatoms. The van der Waals surface area contributed by atoms with Gasteiger partial charge in [-0.05, 0) is 54.9 Å². The van der Waals surface area contributed by atoms with E-state index in [-0.39, 0.29) is 17.2 Å². The fraction of sp³-hybridized carbons (Fsp3) is 0.462. The quantitative estimate of drug-likeness (QED) is 0.725. The van der Waals surface area contributed by atoms with Crippen LogP contribution in [0.5, 0.6) is 5.75 Å². The van der Waals surface area contributed by atoms with E-state index in [0.717, 1.165) is 0 Å². The third kappa shape index (κ3) is 6.98. The van der Waals surface area contributed by atoms with Crippen LogP contribution in [-0.2, 0) is 0 Å². The molecule has 4 nitrogen and oxygen atoms in total. The van der Waals surface area contributed by atoms with E-state index in [0.29, 0.717) is 16.7 Å². The first-order chi connectivity index (χ1) is 9.69. The number of hydrogen-bond donors (Lipinski definition) is 1. The molecule has 0 aromatic heterocycles. The van der Waals surface area contributed by atoms with Gasteiger partial charge in [-0.25, -0.2) is 0 Å². The zero-order valence-electron chi connectivity index (χ0n) is 11.6. The van der Waals surface area contributed by atoms with Crippen molar-refractivity contribution >= 4 is 28.5 Å². The standard InChI is InChI=1S/C13H16F3IN2O2/c1-19(2)6-5-18-12(20)9-3-4-10(17)11(7-9)21-8-13(14,15)16/h3-4,7H,5-6,8H2,1-2H3,(H,18,20). The molecule has 0 saturated carbocycles. The molecular formula is C13H16F3IN2O2. The molecule has 1 amide bonds. The summed E-state index contributed by atoms with van der Waals surface area (Å²) < 4.78 is 41.7. The maximum absolute atomic E-state index is 12.2. The summed E-state index contributed by atoms with van der Waals surface area (Å²) in [4.78, 5) is 13.8. The topological polar surface area (TPSA) is 41.6 Å². The molecule has 0 atom stereocenters. The number of carbonyl (C=O) groups is 1. The number of hydrogen-bond acceptors (Lipinski definition) is 3. The molecule has 21 heavy (non-hydrogen) atoms. The van der Waals surface area contributed by atoms with Gasteiger partial charge in [-0.1, -0.05) is 0 Å². The van der Waals surface area contributed by atoms with Gasteiger partial charge in [-0.15, -0.1) is 0 Å². The lowest BCUT2D eigenvalue weighted by Crippen LogP contribution is -2.31. The SMILES string of the molecule is CN(C)CCNC(=O)c1ccc(I)c(OCC(F)(F)F)c1. The number of ether oxygens (including phenoxy) is 1. The maximum Gasteiger partial charge on any atom is 0.422 e. The average molecular weight is 416 g/mol. The number of halogens is 4. The molecule has 1 aromatic carbocycles. The predicted octanol–water partition coefficient (Wildman–Crippen LogP) is 2.52. The Labute approximate surface area is 134 Å². The number of carbonyl (C=O) groups excluding carboxylic acids is 1. The number of nitrogens with one attached hydrogen (secondary N) is 1. The van der Waals surface area contributed by atoms with Gasteiger partial charge < -0.3 is 15.0 Å². The van der Waals surface area contributed by atoms with Gasteiger partial charge in [0.1, 0.15) is 5.75 Å². The lowest BCUT2D eigenvalue weighted by Gasteiger charge is -2.13. The highest BCUT2D eigenvalue weighted by Gasteiger charge is 2.28. The Morgan fingerprint density at radius 3 is 2.62 bits per heavy atom. The molecule has 0 aliphatic carbocycles. The van der Waals surface area contributed by atoms with Gasteiger partial charge in [-0.3, -0.25) is 4.79 Å². The lowest BCUT2D eigenvalue weighted by atomic mass is 10.2. The predicted molar refractivity (Wildman–Crippen MR) is 81.6 cm³/mol. The van der Waals surface area contributed by atoms with Crippen LogP contribution in [0.1, 0.15) is 10.4 Å². The largest absolute Gasteiger partial charge is 0.483 e. The van der Waals surface area contributed by atoms with Gasteiger partial charge in [0, 0.05) is 18.7 Å². The van der Waals surface area contributed by atoms with Crippen LogP contribution in [0, 0.1) is 3.57 Å². The summed E-state index contributed by atoms with van der Waals surface area (Å²) >= 11 is 1.86. The van der Waals surface area contributed by atoms with Crippen LogP contribution in [0.2, 0.25) is 0 Å². The van der Waals surface area contributed by atoms with Gasteiger partial charge in [0.2, 0.25) is 0 Å². The minimum absolute atomic E-state index is 0.0492. The minimum atomic E-state index is -4.41. The molecular weight excluding hydrogens is 400 g/mol. The Morgan fingerprint density at radius 1 is 1.38 bits per heavy atom. The van der Waals surface area contributed by atoms with Crippen molar-refractivity contribution in [2.24, 2.45) is 0 Å². The number of rotatable bonds is 6. The van der Waals surface area contributed by atoms with Crippen molar-refractivity contribution in [2.75, 3.05) is 33.8 Å². The molecule has 0 unspecified atom stereocenters. The van der Waals surface area contributed by atoms with Crippen LogP contribution in [0.15, 0.2) is 18.2 Å². The summed E-state index contributed by atoms with van der Waals surface area (Å²) in [7, 11) is 3.75. The van der Waals surface area contributed by atoms with Crippen molar-refractivity contribution in [3.63, 3.8) is 0 Å². The average Bonchev–Trinajstić information content (AvgIpc) is 2.36. The highest BCUT2D eigenvalue weighted by Crippen LogP contribution is 2.25. The molecule has 0 bridgehead atoms. The zero-order chi connectivity index (χ0) is 16.0. The zero-order valence-corrected chi connectivity index (χ0v) is 13.8. The van der Waals surface area contributed by atoms with Gasteiger partial charge in [-0.2, -0.15) is 13.2 Å². The minimum Gasteiger partial charge on any atom is -0.483 e. The number of alkyl halides is 3. The molecule has 1 N–H and O–H groups in total. The molecule has 1 aromatic rings. The molecule has 0 spiro atoms. The van der Waals surface area contributed by atoms with Gasteiger partial charge in [0.05, 0.1) is 3.57 Å². The van der Waals surface area contributed by atoms with E-state index in [9.17, 15) is 18.0 Å². The van der Waals surface area contributed by atoms with E-state index in [1.165, 1.54) is 6.07 Å². The molecule has 118 valence electrons. The highest BCUT2D eigenvalue weighted by atomic mass is 127. The smallest absolute Gasteiger partial charge is 0.422 e. The van der Waals surface area contributed by atoms with Crippen molar-refractivity contribution in [1.29, 1.82) is 0 Å². The van der Waals surface area contributed by atoms with E-state index in [2.05, 4.69) is 5.32 Å². The third-order valence-electron chi connectivity index (χ3n) is 2.43. The number of nitrogens with zero attached hydrogens (tertiary/aromatic N) is 1. The summed E-state index contributed by atoms with van der Waals surface area (Å²) in [6, 6.07) is 4.42. The third-order valence-corrected chi connectivity index (χ3v) is 3.32. The second-order valence-electron chi connectivity index (χ2n) is 4.61. The van der Waals surface area contributed by atoms with Crippen LogP contribution in [-0.4, -0.2) is 50.8 Å². The monoisotopic (exact) mass is 416 g/mol. The fourth-order valence-corrected chi connectivity index (χ4v) is 1.90. The fourth-order valence-electron chi connectivity index (χ4n) is 1.41. The normalized spacial score (nSPS) is 11.6. The summed E-state index contributed by atoms with van der Waals surface area (Å²) in [6.07, 6.45) is -4.41. The van der Waals surface area contributed by atoms with E-state index in [4.69, 9.17) is 4.74 Å². The molecule has 0 aliphatic heterocycles. The van der Waals surface area contributed by atoms with Crippen molar-refractivity contribution in [3.05, 3.63) is 27.3 Å². The van der Waals surface area contributed by atoms with Gasteiger partial charge >= 0.3 is 6.18 Å². The van der Waals surface area contributed by atoms with E-state index < -0.39 is 12.8 Å². The van der Waals surface area contributed by atoms with Crippen molar-refractivity contribution in [2.45, 2.75) is 6.18 Å². The molecule has 0 heterocycles. The first kappa shape index (κ1) is 18.0. The number of amides is 1. The second kappa shape index (κ2) is 7.83. The Bertz CT molecular complexity index is 493. The van der Waals surface area contributed by atoms with Crippen molar-refractivity contribution in [1.82, 2.24) is 10.2 Å². The van der Waals surface area contributed by atoms with Crippen molar-refractivity contribution < 1.29 is 22.7 Å². The first-order valence-electron chi connectivity index (χ1n) is 6.11. The van der Waals surface area contributed by atoms with Gasteiger partial charge in [0.15, 0.2) is 6.61 Å². The van der Waals surface area contributed by atoms with Crippen LogP contribution < -0.4 is 10.1 Å². The summed E-state index contributed by atoms with van der Waals surface area (Å²) in [6.45, 7) is -0.251. The summed E-state index contributed by atoms with van der Waals surface area (Å²) in [5, 5.41) is 2.69. The van der Waals surface area contributed by atoms with Crippen LogP contribution in [0.4, 0.5) is 13.2 Å². The number of benzene rings is 1. The first-order valence-corrected chi connectivity index (χ1v) is 7.19. The maximum atomic E-state index is 12.2. The summed E-state index contributed by atoms with van der Waals surface area (Å²) in [5.74, 6) is -0.293. The molecule has 0 saturated heterocycles. The lowest BCUT2D eigenvalue weighted by molar-refractivity contribution is -0.153. The second-order valence-corrected chi connectivity index (χ2v) is 5.77. The number of likely N-dealkylation sites (N-methyl/N-ethyl adjacent to an activating group) is 1. The van der Waals surface area contributed by atoms with Crippen LogP contribution in [0.25, 0.3) is 0 Å². The van der Waals surface area contributed by atoms with Gasteiger partial charge in [0.25, 0.3) is 5.91 Å². The Morgan fingerprint density at radius 2 is 2.05 bits per heavy atom. The molecule has 1 rings (SSSR count). The Balaban J connectivity index is 2.69. The molecule has 0 radical (unpaired) electrons. The van der Waals surface area contributed by atoms with Crippen molar-refractivity contribution in [3.8, 4) is 5.75 Å². The van der Waals surface area contributed by atoms with E-state index >= 15 is 0 Å². The molecule has 0 aliphatic rings. The Hall–Kier alpha value is -1.03.